The Bertz CT molecular complexity index is 958. The van der Waals surface area contributed by atoms with Gasteiger partial charge in [0.15, 0.2) is 11.5 Å². The predicted octanol–water partition coefficient (Wildman–Crippen LogP) is 4.97. The van der Waals surface area contributed by atoms with E-state index in [0.29, 0.717) is 42.3 Å². The van der Waals surface area contributed by atoms with Crippen LogP contribution in [0.4, 0.5) is 0 Å². The summed E-state index contributed by atoms with van der Waals surface area (Å²) in [5, 5.41) is 12.2. The number of hydrogen-bond donors (Lipinski definition) is 2. The molecule has 0 radical (unpaired) electrons. The summed E-state index contributed by atoms with van der Waals surface area (Å²) in [5.41, 5.74) is 0.271. The van der Waals surface area contributed by atoms with Crippen LogP contribution in [-0.4, -0.2) is 43.7 Å². The van der Waals surface area contributed by atoms with Crippen molar-refractivity contribution in [3.8, 4) is 23.0 Å². The molecule has 0 saturated carbocycles. The van der Waals surface area contributed by atoms with Crippen molar-refractivity contribution in [2.24, 2.45) is 5.41 Å². The van der Waals surface area contributed by atoms with Crippen LogP contribution in [0.5, 0.6) is 23.0 Å². The van der Waals surface area contributed by atoms with E-state index in [1.165, 1.54) is 5.37 Å². The number of rotatable bonds is 9. The molecule has 7 heteroatoms. The van der Waals surface area contributed by atoms with Gasteiger partial charge in [-0.3, -0.25) is 0 Å². The molecule has 0 amide bonds. The number of phenols is 1. The molecule has 0 aliphatic carbocycles. The summed E-state index contributed by atoms with van der Waals surface area (Å²) in [6, 6.07) is 12.4. The first-order chi connectivity index (χ1) is 14.1. The lowest BCUT2D eigenvalue weighted by Gasteiger charge is -2.25. The molecule has 2 N–H and O–H groups in total. The van der Waals surface area contributed by atoms with Gasteiger partial charge in [0.05, 0.1) is 7.11 Å². The Morgan fingerprint density at radius 1 is 1.10 bits per heavy atom. The van der Waals surface area contributed by atoms with Gasteiger partial charge in [-0.15, -0.1) is 0 Å². The highest BCUT2D eigenvalue weighted by atomic mass is 32.2. The minimum atomic E-state index is -3.26. The highest BCUT2D eigenvalue weighted by molar-refractivity contribution is 7.94. The van der Waals surface area contributed by atoms with Gasteiger partial charge in [-0.05, 0) is 42.0 Å². The summed E-state index contributed by atoms with van der Waals surface area (Å²) in [5.74, 6) is 1.56. The summed E-state index contributed by atoms with van der Waals surface area (Å²) in [4.78, 5) is 0. The average molecular weight is 436 g/mol. The van der Waals surface area contributed by atoms with Crippen LogP contribution in [0, 0.1) is 5.41 Å². The van der Waals surface area contributed by atoms with Crippen LogP contribution in [0.1, 0.15) is 39.7 Å². The van der Waals surface area contributed by atoms with Crippen LogP contribution in [0.2, 0.25) is 0 Å². The van der Waals surface area contributed by atoms with Crippen LogP contribution >= 0.6 is 0 Å². The third-order valence-electron chi connectivity index (χ3n) is 4.33. The summed E-state index contributed by atoms with van der Waals surface area (Å²) in [6.45, 7) is 8.50. The highest BCUT2D eigenvalue weighted by Crippen LogP contribution is 2.35. The van der Waals surface area contributed by atoms with Crippen LogP contribution in [0.25, 0.3) is 0 Å². The van der Waals surface area contributed by atoms with Crippen LogP contribution in [0.3, 0.4) is 0 Å². The fraction of sp³-hybridized carbons (Fsp3) is 0.435. The molecule has 30 heavy (non-hydrogen) atoms. The number of para-hydroxylation sites is 1. The SMILES string of the molecule is CCCN(CCc1cccc(Oc2cccc(OC)c2)c1O)S(=O)(O)=CC(C)(C)C. The van der Waals surface area contributed by atoms with Gasteiger partial charge < -0.3 is 19.1 Å². The Morgan fingerprint density at radius 3 is 2.40 bits per heavy atom. The zero-order valence-corrected chi connectivity index (χ0v) is 19.2. The van der Waals surface area contributed by atoms with Crippen LogP contribution in [0.15, 0.2) is 42.5 Å². The lowest BCUT2D eigenvalue weighted by Crippen LogP contribution is -2.36. The number of phenolic OH excluding ortho intramolecular Hbond substituents is 1. The Balaban J connectivity index is 2.21. The van der Waals surface area contributed by atoms with Gasteiger partial charge in [0.2, 0.25) is 0 Å². The standard InChI is InChI=1S/C23H33NO5S/c1-6-14-24(30(26,27)17-23(2,3)4)15-13-18-9-7-12-21(22(18)25)29-20-11-8-10-19(16-20)28-5/h7-12,16-17,25H,6,13-15H2,1-5H3,(H,26,27). The van der Waals surface area contributed by atoms with E-state index in [-0.39, 0.29) is 11.2 Å². The van der Waals surface area contributed by atoms with Crippen LogP contribution in [-0.2, 0) is 16.4 Å². The smallest absolute Gasteiger partial charge is 0.169 e. The third-order valence-corrected chi connectivity index (χ3v) is 6.45. The molecule has 0 saturated heterocycles. The average Bonchev–Trinajstić information content (AvgIpc) is 2.65. The Morgan fingerprint density at radius 2 is 1.77 bits per heavy atom. The van der Waals surface area contributed by atoms with E-state index in [1.54, 1.807) is 47.8 Å². The molecule has 0 aromatic heterocycles. The molecular weight excluding hydrogens is 402 g/mol. The van der Waals surface area contributed by atoms with Crippen molar-refractivity contribution in [3.63, 3.8) is 0 Å². The summed E-state index contributed by atoms with van der Waals surface area (Å²) in [6.07, 6.45) is 1.16. The van der Waals surface area contributed by atoms with Crippen molar-refractivity contribution < 1.29 is 23.3 Å². The molecule has 0 bridgehead atoms. The molecule has 2 aromatic rings. The molecule has 0 aliphatic heterocycles. The summed E-state index contributed by atoms with van der Waals surface area (Å²) >= 11 is 0. The molecular formula is C23H33NO5S. The Kier molecular flexibility index (Phi) is 8.18. The second kappa shape index (κ2) is 10.2. The first kappa shape index (κ1) is 24.1. The number of methoxy groups -OCH3 is 1. The normalized spacial score (nSPS) is 13.7. The van der Waals surface area contributed by atoms with Gasteiger partial charge in [-0.2, -0.15) is 0 Å². The topological polar surface area (TPSA) is 79.2 Å². The minimum absolute atomic E-state index is 0.0287. The zero-order valence-electron chi connectivity index (χ0n) is 18.4. The van der Waals surface area contributed by atoms with E-state index >= 15 is 0 Å². The lowest BCUT2D eigenvalue weighted by molar-refractivity contribution is 0.382. The maximum Gasteiger partial charge on any atom is 0.169 e. The maximum atomic E-state index is 12.9. The molecule has 6 nitrogen and oxygen atoms in total. The predicted molar refractivity (Wildman–Crippen MR) is 123 cm³/mol. The maximum absolute atomic E-state index is 12.9. The quantitative estimate of drug-likeness (QED) is 0.544. The first-order valence-electron chi connectivity index (χ1n) is 10.1. The monoisotopic (exact) mass is 435 g/mol. The van der Waals surface area contributed by atoms with Crippen molar-refractivity contribution >= 4 is 15.4 Å². The molecule has 2 aromatic carbocycles. The van der Waals surface area contributed by atoms with Crippen molar-refractivity contribution in [1.29, 1.82) is 0 Å². The minimum Gasteiger partial charge on any atom is -0.504 e. The van der Waals surface area contributed by atoms with E-state index in [0.717, 1.165) is 6.42 Å². The number of benzene rings is 2. The molecule has 0 heterocycles. The second-order valence-corrected chi connectivity index (χ2v) is 10.1. The highest BCUT2D eigenvalue weighted by Gasteiger charge is 2.20. The second-order valence-electron chi connectivity index (χ2n) is 8.25. The Hall–Kier alpha value is -2.22. The number of ether oxygens (including phenoxy) is 2. The number of aromatic hydroxyl groups is 1. The van der Waals surface area contributed by atoms with E-state index in [1.807, 2.05) is 33.8 Å². The van der Waals surface area contributed by atoms with Gasteiger partial charge >= 0.3 is 0 Å². The molecule has 0 fully saturated rings. The molecule has 2 rings (SSSR count). The van der Waals surface area contributed by atoms with Gasteiger partial charge in [-0.1, -0.05) is 45.9 Å². The molecule has 1 unspecified atom stereocenters. The number of nitrogens with zero attached hydrogens (tertiary/aromatic N) is 1. The van der Waals surface area contributed by atoms with Crippen molar-refractivity contribution in [3.05, 3.63) is 48.0 Å². The fourth-order valence-corrected chi connectivity index (χ4v) is 4.91. The molecule has 0 spiro atoms. The van der Waals surface area contributed by atoms with Gasteiger partial charge in [0.1, 0.15) is 21.5 Å². The zero-order chi connectivity index (χ0) is 22.4. The largest absolute Gasteiger partial charge is 0.504 e. The van der Waals surface area contributed by atoms with E-state index < -0.39 is 9.99 Å². The van der Waals surface area contributed by atoms with Gasteiger partial charge in [-0.25, -0.2) is 8.51 Å². The van der Waals surface area contributed by atoms with Crippen molar-refractivity contribution in [2.75, 3.05) is 20.2 Å². The third kappa shape index (κ3) is 6.93. The van der Waals surface area contributed by atoms with Crippen molar-refractivity contribution in [1.82, 2.24) is 4.31 Å². The lowest BCUT2D eigenvalue weighted by atomic mass is 10.0. The fourth-order valence-electron chi connectivity index (χ4n) is 3.05. The van der Waals surface area contributed by atoms with E-state index in [9.17, 15) is 13.9 Å². The van der Waals surface area contributed by atoms with E-state index in [2.05, 4.69) is 0 Å². The first-order valence-corrected chi connectivity index (χ1v) is 11.6. The molecule has 166 valence electrons. The Labute approximate surface area is 180 Å². The summed E-state index contributed by atoms with van der Waals surface area (Å²) in [7, 11) is -1.68. The summed E-state index contributed by atoms with van der Waals surface area (Å²) < 4.78 is 36.1. The van der Waals surface area contributed by atoms with Crippen LogP contribution < -0.4 is 9.47 Å². The van der Waals surface area contributed by atoms with Gasteiger partial charge in [0, 0.05) is 24.5 Å². The number of hydrogen-bond acceptors (Lipinski definition) is 4. The van der Waals surface area contributed by atoms with Crippen molar-refractivity contribution in [2.45, 2.75) is 40.5 Å². The van der Waals surface area contributed by atoms with E-state index in [4.69, 9.17) is 9.47 Å². The molecule has 1 atom stereocenters. The molecule has 0 aliphatic rings. The van der Waals surface area contributed by atoms with Gasteiger partial charge in [0.25, 0.3) is 0 Å².